The Balaban J connectivity index is 2.28. The smallest absolute Gasteiger partial charge is 0.241 e. The first-order valence-electron chi connectivity index (χ1n) is 4.39. The number of rotatable bonds is 1. The number of aromatic nitrogens is 1. The van der Waals surface area contributed by atoms with E-state index in [4.69, 9.17) is 5.73 Å². The van der Waals surface area contributed by atoms with Gasteiger partial charge < -0.3 is 5.73 Å². The van der Waals surface area contributed by atoms with Crippen molar-refractivity contribution in [2.75, 3.05) is 0 Å². The van der Waals surface area contributed by atoms with Gasteiger partial charge >= 0.3 is 0 Å². The Morgan fingerprint density at radius 1 is 1.67 bits per heavy atom. The number of carbonyl (C=O) groups is 1. The van der Waals surface area contributed by atoms with Crippen molar-refractivity contribution in [3.05, 3.63) is 30.1 Å². The molecule has 6 heteroatoms. The van der Waals surface area contributed by atoms with Crippen LogP contribution in [-0.4, -0.2) is 21.1 Å². The van der Waals surface area contributed by atoms with Gasteiger partial charge in [0.1, 0.15) is 5.37 Å². The first-order valence-corrected chi connectivity index (χ1v) is 5.27. The number of hydrazone groups is 1. The van der Waals surface area contributed by atoms with Gasteiger partial charge in [-0.2, -0.15) is 0 Å². The van der Waals surface area contributed by atoms with Crippen LogP contribution in [0.1, 0.15) is 17.9 Å². The topological polar surface area (TPSA) is 71.6 Å². The van der Waals surface area contributed by atoms with Crippen LogP contribution < -0.4 is 5.73 Å². The minimum atomic E-state index is -0.184. The molecule has 1 aliphatic rings. The van der Waals surface area contributed by atoms with Gasteiger partial charge in [0.25, 0.3) is 0 Å². The first-order chi connectivity index (χ1) is 7.18. The first kappa shape index (κ1) is 9.97. The largest absolute Gasteiger partial charge is 0.377 e. The molecule has 78 valence electrons. The molecule has 0 aliphatic carbocycles. The van der Waals surface area contributed by atoms with Crippen molar-refractivity contribution >= 4 is 22.8 Å². The second-order valence-corrected chi connectivity index (χ2v) is 4.16. The van der Waals surface area contributed by atoms with E-state index in [-0.39, 0.29) is 11.3 Å². The van der Waals surface area contributed by atoms with E-state index in [1.54, 1.807) is 12.4 Å². The number of carbonyl (C=O) groups excluding carboxylic acids is 1. The number of hydrogen-bond donors (Lipinski definition) is 1. The van der Waals surface area contributed by atoms with Gasteiger partial charge in [0.2, 0.25) is 5.91 Å². The van der Waals surface area contributed by atoms with Crippen LogP contribution in [0, 0.1) is 0 Å². The van der Waals surface area contributed by atoms with Crippen molar-refractivity contribution in [3.63, 3.8) is 0 Å². The van der Waals surface area contributed by atoms with Crippen LogP contribution in [-0.2, 0) is 4.79 Å². The summed E-state index contributed by atoms with van der Waals surface area (Å²) in [5.74, 6) is -0.128. The molecule has 1 aromatic heterocycles. The minimum Gasteiger partial charge on any atom is -0.377 e. The fourth-order valence-electron chi connectivity index (χ4n) is 1.31. The summed E-state index contributed by atoms with van der Waals surface area (Å²) in [7, 11) is 0. The summed E-state index contributed by atoms with van der Waals surface area (Å²) in [4.78, 5) is 15.3. The maximum absolute atomic E-state index is 11.3. The monoisotopic (exact) mass is 222 g/mol. The van der Waals surface area contributed by atoms with Crippen LogP contribution in [0.25, 0.3) is 0 Å². The van der Waals surface area contributed by atoms with Crippen molar-refractivity contribution in [2.24, 2.45) is 10.8 Å². The van der Waals surface area contributed by atoms with Crippen molar-refractivity contribution in [1.82, 2.24) is 9.99 Å². The maximum Gasteiger partial charge on any atom is 0.241 e. The molecule has 0 saturated heterocycles. The minimum absolute atomic E-state index is 0.128. The van der Waals surface area contributed by atoms with E-state index in [9.17, 15) is 4.79 Å². The lowest BCUT2D eigenvalue weighted by Gasteiger charge is -2.18. The Labute approximate surface area is 91.4 Å². The summed E-state index contributed by atoms with van der Waals surface area (Å²) in [6.07, 6.45) is 3.40. The standard InChI is InChI=1S/C9H10N4OS/c1-6(14)13-8(15-9(10)12-13)7-3-2-4-11-5-7/h2-5,8H,1H3,(H2,10,12). The Hall–Kier alpha value is -1.56. The number of thioether (sulfide) groups is 1. The zero-order valence-electron chi connectivity index (χ0n) is 8.12. The molecule has 2 heterocycles. The van der Waals surface area contributed by atoms with Crippen molar-refractivity contribution in [2.45, 2.75) is 12.3 Å². The summed E-state index contributed by atoms with van der Waals surface area (Å²) < 4.78 is 0. The van der Waals surface area contributed by atoms with Crippen molar-refractivity contribution in [3.8, 4) is 0 Å². The number of amidine groups is 1. The summed E-state index contributed by atoms with van der Waals surface area (Å²) in [6.45, 7) is 1.46. The van der Waals surface area contributed by atoms with E-state index in [1.165, 1.54) is 23.7 Å². The molecule has 0 saturated carbocycles. The van der Waals surface area contributed by atoms with Crippen LogP contribution in [0.15, 0.2) is 29.6 Å². The number of nitrogens with zero attached hydrogens (tertiary/aromatic N) is 3. The SMILES string of the molecule is CC(=O)N1N=C(N)SC1c1cccnc1. The molecule has 5 nitrogen and oxygen atoms in total. The highest BCUT2D eigenvalue weighted by Gasteiger charge is 2.30. The molecule has 0 fully saturated rings. The van der Waals surface area contributed by atoms with E-state index >= 15 is 0 Å². The van der Waals surface area contributed by atoms with Gasteiger partial charge in [-0.25, -0.2) is 5.01 Å². The molecule has 1 unspecified atom stereocenters. The lowest BCUT2D eigenvalue weighted by Crippen LogP contribution is -2.23. The second-order valence-electron chi connectivity index (χ2n) is 3.06. The molecule has 0 aromatic carbocycles. The van der Waals surface area contributed by atoms with Crippen LogP contribution in [0.4, 0.5) is 0 Å². The quantitative estimate of drug-likeness (QED) is 0.766. The highest BCUT2D eigenvalue weighted by Crippen LogP contribution is 2.37. The lowest BCUT2D eigenvalue weighted by molar-refractivity contribution is -0.129. The van der Waals surface area contributed by atoms with Gasteiger partial charge in [0.15, 0.2) is 5.17 Å². The van der Waals surface area contributed by atoms with E-state index in [1.807, 2.05) is 12.1 Å². The molecule has 0 radical (unpaired) electrons. The van der Waals surface area contributed by atoms with Gasteiger partial charge in [-0.05, 0) is 6.07 Å². The maximum atomic E-state index is 11.3. The van der Waals surface area contributed by atoms with Crippen LogP contribution >= 0.6 is 11.8 Å². The average Bonchev–Trinajstić information content (AvgIpc) is 2.62. The molecular formula is C9H10N4OS. The highest BCUT2D eigenvalue weighted by atomic mass is 32.2. The molecule has 2 rings (SSSR count). The van der Waals surface area contributed by atoms with Crippen molar-refractivity contribution in [1.29, 1.82) is 0 Å². The molecular weight excluding hydrogens is 212 g/mol. The third-order valence-corrected chi connectivity index (χ3v) is 2.97. The number of pyridine rings is 1. The molecule has 0 bridgehead atoms. The molecule has 1 aliphatic heterocycles. The van der Waals surface area contributed by atoms with Crippen molar-refractivity contribution < 1.29 is 4.79 Å². The van der Waals surface area contributed by atoms with E-state index in [0.717, 1.165) is 5.56 Å². The molecule has 1 amide bonds. The third kappa shape index (κ3) is 1.94. The zero-order valence-corrected chi connectivity index (χ0v) is 8.94. The average molecular weight is 222 g/mol. The molecule has 15 heavy (non-hydrogen) atoms. The normalized spacial score (nSPS) is 20.2. The molecule has 1 aromatic rings. The van der Waals surface area contributed by atoms with Gasteiger partial charge in [-0.15, -0.1) is 5.10 Å². The molecule has 0 spiro atoms. The lowest BCUT2D eigenvalue weighted by atomic mass is 10.3. The van der Waals surface area contributed by atoms with Gasteiger partial charge in [-0.3, -0.25) is 9.78 Å². The van der Waals surface area contributed by atoms with Gasteiger partial charge in [0, 0.05) is 24.9 Å². The predicted molar refractivity (Wildman–Crippen MR) is 58.7 cm³/mol. The number of hydrogen-bond acceptors (Lipinski definition) is 5. The summed E-state index contributed by atoms with van der Waals surface area (Å²) in [5, 5.41) is 5.55. The summed E-state index contributed by atoms with van der Waals surface area (Å²) >= 11 is 1.35. The van der Waals surface area contributed by atoms with E-state index in [2.05, 4.69) is 10.1 Å². The molecule has 2 N–H and O–H groups in total. The summed E-state index contributed by atoms with van der Waals surface area (Å²) in [5.41, 5.74) is 6.51. The fourth-order valence-corrected chi connectivity index (χ4v) is 2.25. The summed E-state index contributed by atoms with van der Waals surface area (Å²) in [6, 6.07) is 3.72. The second kappa shape index (κ2) is 3.90. The number of nitrogens with two attached hydrogens (primary N) is 1. The fraction of sp³-hybridized carbons (Fsp3) is 0.222. The zero-order chi connectivity index (χ0) is 10.8. The Bertz CT molecular complexity index is 406. The molecule has 1 atom stereocenters. The van der Waals surface area contributed by atoms with Crippen LogP contribution in [0.5, 0.6) is 0 Å². The third-order valence-electron chi connectivity index (χ3n) is 1.95. The van der Waals surface area contributed by atoms with Crippen LogP contribution in [0.2, 0.25) is 0 Å². The van der Waals surface area contributed by atoms with E-state index in [0.29, 0.717) is 5.17 Å². The number of amides is 1. The Morgan fingerprint density at radius 2 is 2.47 bits per heavy atom. The Morgan fingerprint density at radius 3 is 3.07 bits per heavy atom. The Kier molecular flexibility index (Phi) is 2.59. The van der Waals surface area contributed by atoms with Gasteiger partial charge in [0.05, 0.1) is 0 Å². The van der Waals surface area contributed by atoms with E-state index < -0.39 is 0 Å². The van der Waals surface area contributed by atoms with Crippen LogP contribution in [0.3, 0.4) is 0 Å². The highest BCUT2D eigenvalue weighted by molar-refractivity contribution is 8.14. The van der Waals surface area contributed by atoms with Gasteiger partial charge in [-0.1, -0.05) is 17.8 Å². The predicted octanol–water partition coefficient (Wildman–Crippen LogP) is 0.905.